The quantitative estimate of drug-likeness (QED) is 0.828. The van der Waals surface area contributed by atoms with E-state index in [1.54, 1.807) is 31.2 Å². The molecule has 1 aromatic carbocycles. The third-order valence-corrected chi connectivity index (χ3v) is 3.35. The highest BCUT2D eigenvalue weighted by Gasteiger charge is 2.15. The summed E-state index contributed by atoms with van der Waals surface area (Å²) in [7, 11) is 0. The summed E-state index contributed by atoms with van der Waals surface area (Å²) in [5.41, 5.74) is 3.02. The molecule has 0 aliphatic rings. The van der Waals surface area contributed by atoms with Gasteiger partial charge in [-0.15, -0.1) is 0 Å². The molecule has 0 saturated carbocycles. The van der Waals surface area contributed by atoms with Gasteiger partial charge in [0.25, 0.3) is 5.91 Å². The number of rotatable bonds is 5. The monoisotopic (exact) mass is 310 g/mol. The molecule has 23 heavy (non-hydrogen) atoms. The predicted octanol–water partition coefficient (Wildman–Crippen LogP) is 2.97. The Morgan fingerprint density at radius 2 is 2.13 bits per heavy atom. The number of aryl methyl sites for hydroxylation is 2. The van der Waals surface area contributed by atoms with Crippen LogP contribution in [0.5, 0.6) is 0 Å². The summed E-state index contributed by atoms with van der Waals surface area (Å²) < 4.78 is 5.00. The standard InChI is InChI=1S/C17H18N4O2/c1-10-7-14(9-18)5-6-15(10)19-13(4)17(22)20-12(3)16-8-11(2)23-21-16/h5-8,12,19H,4H2,1-3H3,(H,20,22). The Morgan fingerprint density at radius 3 is 2.70 bits per heavy atom. The van der Waals surface area contributed by atoms with Gasteiger partial charge in [0.1, 0.15) is 11.5 Å². The van der Waals surface area contributed by atoms with Crippen molar-refractivity contribution in [3.63, 3.8) is 0 Å². The maximum atomic E-state index is 12.2. The molecule has 0 aliphatic heterocycles. The normalized spacial score (nSPS) is 11.4. The van der Waals surface area contributed by atoms with Crippen molar-refractivity contribution in [3.05, 3.63) is 59.1 Å². The zero-order valence-electron chi connectivity index (χ0n) is 13.3. The maximum absolute atomic E-state index is 12.2. The van der Waals surface area contributed by atoms with Gasteiger partial charge in [0.15, 0.2) is 0 Å². The lowest BCUT2D eigenvalue weighted by molar-refractivity contribution is -0.118. The SMILES string of the molecule is C=C(Nc1ccc(C#N)cc1C)C(=O)NC(C)c1cc(C)on1. The fourth-order valence-electron chi connectivity index (χ4n) is 2.04. The van der Waals surface area contributed by atoms with E-state index < -0.39 is 0 Å². The number of hydrogen-bond acceptors (Lipinski definition) is 5. The highest BCUT2D eigenvalue weighted by Crippen LogP contribution is 2.18. The highest BCUT2D eigenvalue weighted by atomic mass is 16.5. The molecule has 118 valence electrons. The number of nitriles is 1. The molecule has 6 nitrogen and oxygen atoms in total. The van der Waals surface area contributed by atoms with Crippen LogP contribution in [0, 0.1) is 25.2 Å². The van der Waals surface area contributed by atoms with Crippen molar-refractivity contribution in [2.45, 2.75) is 26.8 Å². The van der Waals surface area contributed by atoms with Crippen molar-refractivity contribution in [2.24, 2.45) is 0 Å². The molecule has 2 N–H and O–H groups in total. The summed E-state index contributed by atoms with van der Waals surface area (Å²) in [4.78, 5) is 12.2. The molecule has 1 amide bonds. The van der Waals surface area contributed by atoms with Gasteiger partial charge in [0, 0.05) is 11.8 Å². The Balaban J connectivity index is 2.00. The molecule has 1 unspecified atom stereocenters. The van der Waals surface area contributed by atoms with Gasteiger partial charge in [-0.3, -0.25) is 4.79 Å². The topological polar surface area (TPSA) is 91.0 Å². The van der Waals surface area contributed by atoms with Crippen LogP contribution in [0.1, 0.15) is 35.5 Å². The largest absolute Gasteiger partial charge is 0.361 e. The third-order valence-electron chi connectivity index (χ3n) is 3.35. The lowest BCUT2D eigenvalue weighted by Crippen LogP contribution is -2.30. The second-order valence-electron chi connectivity index (χ2n) is 5.30. The molecule has 0 spiro atoms. The molecule has 0 bridgehead atoms. The maximum Gasteiger partial charge on any atom is 0.267 e. The molecule has 1 heterocycles. The summed E-state index contributed by atoms with van der Waals surface area (Å²) >= 11 is 0. The van der Waals surface area contributed by atoms with Gasteiger partial charge in [-0.2, -0.15) is 5.26 Å². The highest BCUT2D eigenvalue weighted by molar-refractivity contribution is 5.96. The molecule has 0 fully saturated rings. The first kappa shape index (κ1) is 16.3. The second kappa shape index (κ2) is 6.79. The molecular weight excluding hydrogens is 292 g/mol. The van der Waals surface area contributed by atoms with Gasteiger partial charge in [0.2, 0.25) is 0 Å². The van der Waals surface area contributed by atoms with Gasteiger partial charge in [-0.05, 0) is 44.5 Å². The fraction of sp³-hybridized carbons (Fsp3) is 0.235. The number of nitrogens with zero attached hydrogens (tertiary/aromatic N) is 2. The van der Waals surface area contributed by atoms with Crippen molar-refractivity contribution >= 4 is 11.6 Å². The Bertz CT molecular complexity index is 786. The molecule has 0 saturated heterocycles. The Hall–Kier alpha value is -3.07. The Kier molecular flexibility index (Phi) is 4.82. The molecule has 1 aromatic heterocycles. The predicted molar refractivity (Wildman–Crippen MR) is 86.5 cm³/mol. The van der Waals surface area contributed by atoms with E-state index in [9.17, 15) is 4.79 Å². The van der Waals surface area contributed by atoms with Crippen molar-refractivity contribution in [3.8, 4) is 6.07 Å². The fourth-order valence-corrected chi connectivity index (χ4v) is 2.04. The first-order chi connectivity index (χ1) is 10.9. The van der Waals surface area contributed by atoms with Crippen molar-refractivity contribution in [1.82, 2.24) is 10.5 Å². The van der Waals surface area contributed by atoms with Gasteiger partial charge in [0.05, 0.1) is 23.4 Å². The molecule has 2 rings (SSSR count). The lowest BCUT2D eigenvalue weighted by atomic mass is 10.1. The first-order valence-corrected chi connectivity index (χ1v) is 7.11. The number of carbonyl (C=O) groups is 1. The van der Waals surface area contributed by atoms with Crippen LogP contribution in [0.3, 0.4) is 0 Å². The van der Waals surface area contributed by atoms with E-state index in [-0.39, 0.29) is 17.6 Å². The molecule has 0 radical (unpaired) electrons. The van der Waals surface area contributed by atoms with Crippen LogP contribution >= 0.6 is 0 Å². The van der Waals surface area contributed by atoms with E-state index in [2.05, 4.69) is 28.4 Å². The van der Waals surface area contributed by atoms with Crippen LogP contribution in [0.25, 0.3) is 0 Å². The van der Waals surface area contributed by atoms with Crippen molar-refractivity contribution in [1.29, 1.82) is 5.26 Å². The number of hydrogen-bond donors (Lipinski definition) is 2. The van der Waals surface area contributed by atoms with Crippen LogP contribution in [0.2, 0.25) is 0 Å². The van der Waals surface area contributed by atoms with E-state index in [0.29, 0.717) is 17.0 Å². The number of amides is 1. The minimum Gasteiger partial charge on any atom is -0.361 e. The molecule has 2 aromatic rings. The van der Waals surface area contributed by atoms with Crippen molar-refractivity contribution < 1.29 is 9.32 Å². The molecule has 6 heteroatoms. The van der Waals surface area contributed by atoms with Gasteiger partial charge in [-0.1, -0.05) is 11.7 Å². The van der Waals surface area contributed by atoms with Crippen LogP contribution in [0.15, 0.2) is 41.1 Å². The average Bonchev–Trinajstić information content (AvgIpc) is 2.95. The van der Waals surface area contributed by atoms with Crippen LogP contribution < -0.4 is 10.6 Å². The zero-order chi connectivity index (χ0) is 17.0. The van der Waals surface area contributed by atoms with Gasteiger partial charge in [-0.25, -0.2) is 0 Å². The lowest BCUT2D eigenvalue weighted by Gasteiger charge is -2.15. The molecule has 1 atom stereocenters. The van der Waals surface area contributed by atoms with E-state index in [4.69, 9.17) is 9.78 Å². The van der Waals surface area contributed by atoms with Crippen LogP contribution in [-0.2, 0) is 4.79 Å². The Morgan fingerprint density at radius 1 is 1.39 bits per heavy atom. The Labute approximate surface area is 134 Å². The van der Waals surface area contributed by atoms with E-state index in [1.807, 2.05) is 13.8 Å². The van der Waals surface area contributed by atoms with Crippen LogP contribution in [0.4, 0.5) is 5.69 Å². The van der Waals surface area contributed by atoms with E-state index in [0.717, 1.165) is 11.3 Å². The first-order valence-electron chi connectivity index (χ1n) is 7.11. The van der Waals surface area contributed by atoms with E-state index >= 15 is 0 Å². The zero-order valence-corrected chi connectivity index (χ0v) is 13.3. The van der Waals surface area contributed by atoms with E-state index in [1.165, 1.54) is 0 Å². The van der Waals surface area contributed by atoms with Gasteiger partial charge >= 0.3 is 0 Å². The number of aromatic nitrogens is 1. The average molecular weight is 310 g/mol. The molecular formula is C17H18N4O2. The number of carbonyl (C=O) groups excluding carboxylic acids is 1. The smallest absolute Gasteiger partial charge is 0.267 e. The summed E-state index contributed by atoms with van der Waals surface area (Å²) in [6, 6.07) is 8.72. The minimum atomic E-state index is -0.332. The number of anilines is 1. The minimum absolute atomic E-state index is 0.213. The summed E-state index contributed by atoms with van der Waals surface area (Å²) in [6.07, 6.45) is 0. The van der Waals surface area contributed by atoms with Crippen LogP contribution in [-0.4, -0.2) is 11.1 Å². The second-order valence-corrected chi connectivity index (χ2v) is 5.30. The number of nitrogens with one attached hydrogen (secondary N) is 2. The van der Waals surface area contributed by atoms with Crippen molar-refractivity contribution in [2.75, 3.05) is 5.32 Å². The third kappa shape index (κ3) is 3.98. The van der Waals surface area contributed by atoms with Gasteiger partial charge < -0.3 is 15.2 Å². The summed E-state index contributed by atoms with van der Waals surface area (Å²) in [5.74, 6) is 0.355. The summed E-state index contributed by atoms with van der Waals surface area (Å²) in [5, 5.41) is 18.5. The summed E-state index contributed by atoms with van der Waals surface area (Å²) in [6.45, 7) is 9.22. The molecule has 0 aliphatic carbocycles. The number of benzene rings is 1.